The highest BCUT2D eigenvalue weighted by atomic mass is 35.5. The number of fused-ring (bicyclic) bond motifs is 1. The predicted molar refractivity (Wildman–Crippen MR) is 116 cm³/mol. The van der Waals surface area contributed by atoms with E-state index in [1.54, 1.807) is 28.3 Å². The third kappa shape index (κ3) is 4.33. The van der Waals surface area contributed by atoms with E-state index in [9.17, 15) is 9.59 Å². The van der Waals surface area contributed by atoms with Crippen LogP contribution in [0.3, 0.4) is 0 Å². The second kappa shape index (κ2) is 8.71. The number of nitrogens with one attached hydrogen (secondary N) is 1. The van der Waals surface area contributed by atoms with Crippen molar-refractivity contribution in [2.75, 3.05) is 32.8 Å². The van der Waals surface area contributed by atoms with Crippen LogP contribution in [0.5, 0.6) is 5.75 Å². The molecule has 0 saturated carbocycles. The van der Waals surface area contributed by atoms with Crippen LogP contribution in [0.1, 0.15) is 10.4 Å². The normalized spacial score (nSPS) is 14.2. The van der Waals surface area contributed by atoms with Gasteiger partial charge >= 0.3 is 0 Å². The Balaban J connectivity index is 1.32. The lowest BCUT2D eigenvalue weighted by molar-refractivity contribution is -0.134. The van der Waals surface area contributed by atoms with E-state index < -0.39 is 0 Å². The lowest BCUT2D eigenvalue weighted by Gasteiger charge is -2.34. The van der Waals surface area contributed by atoms with E-state index in [4.69, 9.17) is 39.5 Å². The summed E-state index contributed by atoms with van der Waals surface area (Å²) in [5.74, 6) is 0.0305. The van der Waals surface area contributed by atoms with E-state index in [2.05, 4.69) is 9.97 Å². The molecule has 1 aliphatic rings. The lowest BCUT2D eigenvalue weighted by atomic mass is 10.1. The summed E-state index contributed by atoms with van der Waals surface area (Å²) < 4.78 is 5.51. The van der Waals surface area contributed by atoms with Crippen LogP contribution in [-0.2, 0) is 4.79 Å². The van der Waals surface area contributed by atoms with Crippen LogP contribution >= 0.6 is 34.8 Å². The molecule has 1 saturated heterocycles. The Morgan fingerprint density at radius 3 is 2.43 bits per heavy atom. The molecule has 1 fully saturated rings. The van der Waals surface area contributed by atoms with Crippen molar-refractivity contribution in [3.8, 4) is 5.75 Å². The first-order valence-corrected chi connectivity index (χ1v) is 10.3. The molecule has 0 spiro atoms. The molecule has 0 radical (unpaired) electrons. The summed E-state index contributed by atoms with van der Waals surface area (Å²) in [5, 5.41) is 0.888. The minimum Gasteiger partial charge on any atom is -0.482 e. The third-order valence-electron chi connectivity index (χ3n) is 4.91. The summed E-state index contributed by atoms with van der Waals surface area (Å²) in [4.78, 5) is 35.8. The topological polar surface area (TPSA) is 78.5 Å². The monoisotopic (exact) mass is 466 g/mol. The van der Waals surface area contributed by atoms with Crippen molar-refractivity contribution in [1.82, 2.24) is 19.8 Å². The van der Waals surface area contributed by atoms with E-state index in [-0.39, 0.29) is 23.4 Å². The van der Waals surface area contributed by atoms with Crippen LogP contribution in [0.15, 0.2) is 36.7 Å². The van der Waals surface area contributed by atoms with E-state index in [1.165, 1.54) is 12.1 Å². The Morgan fingerprint density at radius 1 is 0.967 bits per heavy atom. The van der Waals surface area contributed by atoms with Crippen LogP contribution in [0.25, 0.3) is 11.0 Å². The summed E-state index contributed by atoms with van der Waals surface area (Å²) in [6, 6.07) is 8.31. The van der Waals surface area contributed by atoms with Crippen molar-refractivity contribution in [2.45, 2.75) is 0 Å². The fourth-order valence-electron chi connectivity index (χ4n) is 3.26. The van der Waals surface area contributed by atoms with Crippen LogP contribution in [0, 0.1) is 0 Å². The van der Waals surface area contributed by atoms with Gasteiger partial charge in [0.25, 0.3) is 11.8 Å². The molecule has 0 bridgehead atoms. The van der Waals surface area contributed by atoms with Crippen LogP contribution < -0.4 is 4.74 Å². The quantitative estimate of drug-likeness (QED) is 0.591. The number of imidazole rings is 1. The Labute approximate surface area is 187 Å². The third-order valence-corrected chi connectivity index (χ3v) is 5.93. The van der Waals surface area contributed by atoms with Gasteiger partial charge in [-0.2, -0.15) is 0 Å². The lowest BCUT2D eigenvalue weighted by Crippen LogP contribution is -2.51. The number of aromatic amines is 1. The molecule has 2 amide bonds. The minimum absolute atomic E-state index is 0.0718. The summed E-state index contributed by atoms with van der Waals surface area (Å²) in [6.45, 7) is 1.56. The maximum Gasteiger partial charge on any atom is 0.260 e. The van der Waals surface area contributed by atoms with Gasteiger partial charge in [0, 0.05) is 37.8 Å². The Bertz CT molecular complexity index is 1110. The standard InChI is InChI=1S/C20H17Cl3N4O3/c21-13-8-15(23)18(9-14(13)22)30-10-19(28)26-3-5-27(6-4-26)20(29)12-1-2-16-17(7-12)25-11-24-16/h1-2,7-9,11H,3-6,10H2,(H,24,25). The first-order valence-electron chi connectivity index (χ1n) is 9.20. The van der Waals surface area contributed by atoms with Gasteiger partial charge in [-0.3, -0.25) is 9.59 Å². The van der Waals surface area contributed by atoms with Crippen molar-refractivity contribution < 1.29 is 14.3 Å². The molecule has 2 heterocycles. The Hall–Kier alpha value is -2.48. The Morgan fingerprint density at radius 2 is 1.67 bits per heavy atom. The number of carbonyl (C=O) groups is 2. The predicted octanol–water partition coefficient (Wildman–Crippen LogP) is 3.89. The molecule has 4 rings (SSSR count). The first-order chi connectivity index (χ1) is 14.4. The number of aromatic nitrogens is 2. The highest BCUT2D eigenvalue weighted by Gasteiger charge is 2.25. The first kappa shape index (κ1) is 20.8. The van der Waals surface area contributed by atoms with Gasteiger partial charge in [0.05, 0.1) is 32.4 Å². The highest BCUT2D eigenvalue weighted by molar-refractivity contribution is 6.43. The van der Waals surface area contributed by atoms with Gasteiger partial charge in [-0.1, -0.05) is 34.8 Å². The number of carbonyl (C=O) groups excluding carboxylic acids is 2. The summed E-state index contributed by atoms with van der Waals surface area (Å²) in [7, 11) is 0. The van der Waals surface area contributed by atoms with E-state index in [0.717, 1.165) is 11.0 Å². The van der Waals surface area contributed by atoms with Crippen molar-refractivity contribution in [3.05, 3.63) is 57.3 Å². The molecule has 3 aromatic rings. The van der Waals surface area contributed by atoms with Gasteiger partial charge in [0.2, 0.25) is 0 Å². The van der Waals surface area contributed by atoms with Gasteiger partial charge in [0.15, 0.2) is 6.61 Å². The summed E-state index contributed by atoms with van der Waals surface area (Å²) in [5.41, 5.74) is 2.21. The van der Waals surface area contributed by atoms with E-state index in [1.807, 2.05) is 6.07 Å². The second-order valence-corrected chi connectivity index (χ2v) is 8.01. The number of H-pyrrole nitrogens is 1. The molecular weight excluding hydrogens is 451 g/mol. The highest BCUT2D eigenvalue weighted by Crippen LogP contribution is 2.33. The molecule has 0 unspecified atom stereocenters. The molecule has 7 nitrogen and oxygen atoms in total. The van der Waals surface area contributed by atoms with Gasteiger partial charge in [-0.15, -0.1) is 0 Å². The number of nitrogens with zero attached hydrogens (tertiary/aromatic N) is 3. The molecule has 1 N–H and O–H groups in total. The van der Waals surface area contributed by atoms with Crippen molar-refractivity contribution in [2.24, 2.45) is 0 Å². The molecule has 30 heavy (non-hydrogen) atoms. The molecule has 0 aliphatic carbocycles. The molecular formula is C20H17Cl3N4O3. The van der Waals surface area contributed by atoms with Crippen LogP contribution in [0.2, 0.25) is 15.1 Å². The van der Waals surface area contributed by atoms with Gasteiger partial charge < -0.3 is 19.5 Å². The maximum atomic E-state index is 12.8. The number of hydrogen-bond donors (Lipinski definition) is 1. The van der Waals surface area contributed by atoms with Crippen molar-refractivity contribution >= 4 is 57.7 Å². The zero-order chi connectivity index (χ0) is 21.3. The number of piperazine rings is 1. The zero-order valence-corrected chi connectivity index (χ0v) is 18.0. The number of hydrogen-bond acceptors (Lipinski definition) is 4. The molecule has 1 aliphatic heterocycles. The minimum atomic E-state index is -0.192. The smallest absolute Gasteiger partial charge is 0.260 e. The van der Waals surface area contributed by atoms with Crippen molar-refractivity contribution in [1.29, 1.82) is 0 Å². The maximum absolute atomic E-state index is 12.8. The average molecular weight is 468 g/mol. The number of halogens is 3. The summed E-state index contributed by atoms with van der Waals surface area (Å²) >= 11 is 17.9. The number of amides is 2. The molecule has 0 atom stereocenters. The fraction of sp³-hybridized carbons (Fsp3) is 0.250. The van der Waals surface area contributed by atoms with E-state index in [0.29, 0.717) is 47.5 Å². The van der Waals surface area contributed by atoms with Crippen LogP contribution in [-0.4, -0.2) is 64.4 Å². The van der Waals surface area contributed by atoms with Crippen molar-refractivity contribution in [3.63, 3.8) is 0 Å². The van der Waals surface area contributed by atoms with Crippen LogP contribution in [0.4, 0.5) is 0 Å². The van der Waals surface area contributed by atoms with Gasteiger partial charge in [-0.05, 0) is 24.3 Å². The molecule has 2 aromatic carbocycles. The SMILES string of the molecule is O=C(COc1cc(Cl)c(Cl)cc1Cl)N1CCN(C(=O)c2ccc3nc[nH]c3c2)CC1. The Kier molecular flexibility index (Phi) is 6.04. The number of ether oxygens (including phenoxy) is 1. The van der Waals surface area contributed by atoms with Gasteiger partial charge in [-0.25, -0.2) is 4.98 Å². The molecule has 1 aromatic heterocycles. The largest absolute Gasteiger partial charge is 0.482 e. The average Bonchev–Trinajstić information content (AvgIpc) is 3.22. The fourth-order valence-corrected chi connectivity index (χ4v) is 3.85. The zero-order valence-electron chi connectivity index (χ0n) is 15.7. The second-order valence-electron chi connectivity index (χ2n) is 6.79. The molecule has 156 valence electrons. The van der Waals surface area contributed by atoms with E-state index >= 15 is 0 Å². The number of rotatable bonds is 4. The summed E-state index contributed by atoms with van der Waals surface area (Å²) in [6.07, 6.45) is 1.59. The number of benzene rings is 2. The molecule has 10 heteroatoms. The van der Waals surface area contributed by atoms with Gasteiger partial charge in [0.1, 0.15) is 5.75 Å².